The van der Waals surface area contributed by atoms with Crippen molar-refractivity contribution in [3.05, 3.63) is 40.4 Å². The molecule has 1 N–H and O–H groups in total. The van der Waals surface area contributed by atoms with Crippen LogP contribution in [0.25, 0.3) is 6.08 Å². The molecule has 0 saturated carbocycles. The van der Waals surface area contributed by atoms with Gasteiger partial charge in [0, 0.05) is 24.2 Å². The SMILES string of the molecule is Cc1ccc(/C=C/C(=O)N2CC[C@@H](O)C2)cc1Cl. The van der Waals surface area contributed by atoms with Gasteiger partial charge in [-0.05, 0) is 36.6 Å². The zero-order valence-corrected chi connectivity index (χ0v) is 11.0. The third-order valence-electron chi connectivity index (χ3n) is 3.09. The van der Waals surface area contributed by atoms with Crippen molar-refractivity contribution >= 4 is 23.6 Å². The fraction of sp³-hybridized carbons (Fsp3) is 0.357. The zero-order valence-electron chi connectivity index (χ0n) is 10.3. The Morgan fingerprint density at radius 1 is 1.56 bits per heavy atom. The number of aliphatic hydroxyl groups is 1. The van der Waals surface area contributed by atoms with Crippen LogP contribution in [0.1, 0.15) is 17.5 Å². The molecule has 1 fully saturated rings. The van der Waals surface area contributed by atoms with Crippen molar-refractivity contribution in [1.82, 2.24) is 4.90 Å². The first kappa shape index (κ1) is 13.1. The number of hydrogen-bond donors (Lipinski definition) is 1. The van der Waals surface area contributed by atoms with Crippen LogP contribution in [0.15, 0.2) is 24.3 Å². The summed E-state index contributed by atoms with van der Waals surface area (Å²) in [5, 5.41) is 10.1. The second-order valence-electron chi connectivity index (χ2n) is 4.57. The molecule has 0 aliphatic carbocycles. The van der Waals surface area contributed by atoms with E-state index in [9.17, 15) is 9.90 Å². The van der Waals surface area contributed by atoms with E-state index in [-0.39, 0.29) is 12.0 Å². The lowest BCUT2D eigenvalue weighted by molar-refractivity contribution is -0.125. The number of carbonyl (C=O) groups is 1. The number of rotatable bonds is 2. The van der Waals surface area contributed by atoms with Gasteiger partial charge >= 0.3 is 0 Å². The predicted octanol–water partition coefficient (Wildman–Crippen LogP) is 2.25. The molecular weight excluding hydrogens is 250 g/mol. The van der Waals surface area contributed by atoms with Crippen LogP contribution in [0.3, 0.4) is 0 Å². The molecule has 3 nitrogen and oxygen atoms in total. The summed E-state index contributed by atoms with van der Waals surface area (Å²) in [5.74, 6) is -0.0664. The number of carbonyl (C=O) groups excluding carboxylic acids is 1. The lowest BCUT2D eigenvalue weighted by atomic mass is 10.1. The van der Waals surface area contributed by atoms with E-state index in [0.29, 0.717) is 24.5 Å². The average molecular weight is 266 g/mol. The third kappa shape index (κ3) is 3.12. The van der Waals surface area contributed by atoms with Crippen molar-refractivity contribution in [2.24, 2.45) is 0 Å². The molecule has 1 heterocycles. The topological polar surface area (TPSA) is 40.5 Å². The van der Waals surface area contributed by atoms with E-state index in [1.807, 2.05) is 25.1 Å². The monoisotopic (exact) mass is 265 g/mol. The normalized spacial score (nSPS) is 19.7. The summed E-state index contributed by atoms with van der Waals surface area (Å²) in [6.45, 7) is 2.99. The first-order chi connectivity index (χ1) is 8.56. The number of halogens is 1. The first-order valence-corrected chi connectivity index (χ1v) is 6.35. The Hall–Kier alpha value is -1.32. The molecule has 1 aromatic carbocycles. The average Bonchev–Trinajstić information content (AvgIpc) is 2.77. The minimum atomic E-state index is -0.379. The van der Waals surface area contributed by atoms with Crippen LogP contribution in [-0.2, 0) is 4.79 Å². The quantitative estimate of drug-likeness (QED) is 0.834. The zero-order chi connectivity index (χ0) is 13.1. The molecule has 1 saturated heterocycles. The van der Waals surface area contributed by atoms with Gasteiger partial charge in [-0.25, -0.2) is 0 Å². The molecule has 1 aromatic rings. The number of aliphatic hydroxyl groups excluding tert-OH is 1. The summed E-state index contributed by atoms with van der Waals surface area (Å²) >= 11 is 6.01. The van der Waals surface area contributed by atoms with E-state index in [1.54, 1.807) is 11.0 Å². The number of amides is 1. The van der Waals surface area contributed by atoms with Crippen molar-refractivity contribution in [2.45, 2.75) is 19.4 Å². The molecular formula is C14H16ClNO2. The van der Waals surface area contributed by atoms with Crippen LogP contribution in [0.4, 0.5) is 0 Å². The fourth-order valence-electron chi connectivity index (χ4n) is 1.93. The molecule has 0 radical (unpaired) electrons. The van der Waals surface area contributed by atoms with Crippen LogP contribution >= 0.6 is 11.6 Å². The highest BCUT2D eigenvalue weighted by Crippen LogP contribution is 2.18. The van der Waals surface area contributed by atoms with Crippen molar-refractivity contribution in [2.75, 3.05) is 13.1 Å². The molecule has 2 rings (SSSR count). The van der Waals surface area contributed by atoms with Gasteiger partial charge in [0.15, 0.2) is 0 Å². The van der Waals surface area contributed by atoms with Gasteiger partial charge in [0.2, 0.25) is 5.91 Å². The second-order valence-corrected chi connectivity index (χ2v) is 4.98. The molecule has 4 heteroatoms. The highest BCUT2D eigenvalue weighted by atomic mass is 35.5. The minimum absolute atomic E-state index is 0.0664. The van der Waals surface area contributed by atoms with E-state index >= 15 is 0 Å². The minimum Gasteiger partial charge on any atom is -0.391 e. The number of benzene rings is 1. The van der Waals surface area contributed by atoms with E-state index in [2.05, 4.69) is 0 Å². The van der Waals surface area contributed by atoms with Gasteiger partial charge in [-0.2, -0.15) is 0 Å². The van der Waals surface area contributed by atoms with Crippen LogP contribution < -0.4 is 0 Å². The molecule has 1 amide bonds. The molecule has 1 aliphatic rings. The standard InChI is InChI=1S/C14H16ClNO2/c1-10-2-3-11(8-13(10)15)4-5-14(18)16-7-6-12(17)9-16/h2-5,8,12,17H,6-7,9H2,1H3/b5-4+/t12-/m1/s1. The Morgan fingerprint density at radius 2 is 2.33 bits per heavy atom. The van der Waals surface area contributed by atoms with Gasteiger partial charge in [-0.3, -0.25) is 4.79 Å². The van der Waals surface area contributed by atoms with E-state index in [4.69, 9.17) is 11.6 Å². The number of hydrogen-bond acceptors (Lipinski definition) is 2. The van der Waals surface area contributed by atoms with Gasteiger partial charge in [-0.15, -0.1) is 0 Å². The highest BCUT2D eigenvalue weighted by molar-refractivity contribution is 6.31. The van der Waals surface area contributed by atoms with E-state index in [1.165, 1.54) is 6.08 Å². The number of β-amino-alcohol motifs (C(OH)–C–C–N with tert-alkyl or cyclic N) is 1. The maximum atomic E-state index is 11.8. The molecule has 1 atom stereocenters. The lowest BCUT2D eigenvalue weighted by Gasteiger charge is -2.12. The third-order valence-corrected chi connectivity index (χ3v) is 3.50. The maximum Gasteiger partial charge on any atom is 0.246 e. The van der Waals surface area contributed by atoms with Crippen molar-refractivity contribution < 1.29 is 9.90 Å². The van der Waals surface area contributed by atoms with Gasteiger partial charge in [0.25, 0.3) is 0 Å². The summed E-state index contributed by atoms with van der Waals surface area (Å²) in [6.07, 6.45) is 3.56. The van der Waals surface area contributed by atoms with Crippen LogP contribution in [0.2, 0.25) is 5.02 Å². The molecule has 18 heavy (non-hydrogen) atoms. The van der Waals surface area contributed by atoms with Crippen molar-refractivity contribution in [3.63, 3.8) is 0 Å². The van der Waals surface area contributed by atoms with Gasteiger partial charge < -0.3 is 10.0 Å². The number of nitrogens with zero attached hydrogens (tertiary/aromatic N) is 1. The number of aryl methyl sites for hydroxylation is 1. The Morgan fingerprint density at radius 3 is 2.94 bits per heavy atom. The number of likely N-dealkylation sites (tertiary alicyclic amines) is 1. The lowest BCUT2D eigenvalue weighted by Crippen LogP contribution is -2.27. The Labute approximate surface area is 112 Å². The van der Waals surface area contributed by atoms with Crippen LogP contribution in [0.5, 0.6) is 0 Å². The smallest absolute Gasteiger partial charge is 0.246 e. The summed E-state index contributed by atoms with van der Waals surface area (Å²) in [4.78, 5) is 13.5. The molecule has 0 unspecified atom stereocenters. The van der Waals surface area contributed by atoms with Gasteiger partial charge in [0.1, 0.15) is 0 Å². The van der Waals surface area contributed by atoms with Crippen LogP contribution in [-0.4, -0.2) is 35.1 Å². The summed E-state index contributed by atoms with van der Waals surface area (Å²) < 4.78 is 0. The Balaban J connectivity index is 2.02. The summed E-state index contributed by atoms with van der Waals surface area (Å²) in [6, 6.07) is 5.68. The summed E-state index contributed by atoms with van der Waals surface area (Å²) in [7, 11) is 0. The van der Waals surface area contributed by atoms with Crippen molar-refractivity contribution in [3.8, 4) is 0 Å². The molecule has 0 aromatic heterocycles. The fourth-order valence-corrected chi connectivity index (χ4v) is 2.12. The molecule has 1 aliphatic heterocycles. The second kappa shape index (κ2) is 5.55. The Kier molecular flexibility index (Phi) is 4.04. The molecule has 0 bridgehead atoms. The maximum absolute atomic E-state index is 11.8. The van der Waals surface area contributed by atoms with E-state index in [0.717, 1.165) is 11.1 Å². The first-order valence-electron chi connectivity index (χ1n) is 5.97. The Bertz CT molecular complexity index is 485. The van der Waals surface area contributed by atoms with Crippen molar-refractivity contribution in [1.29, 1.82) is 0 Å². The largest absolute Gasteiger partial charge is 0.391 e. The van der Waals surface area contributed by atoms with Crippen LogP contribution in [0, 0.1) is 6.92 Å². The summed E-state index contributed by atoms with van der Waals surface area (Å²) in [5.41, 5.74) is 1.92. The van der Waals surface area contributed by atoms with Gasteiger partial charge in [-0.1, -0.05) is 23.7 Å². The molecule has 0 spiro atoms. The predicted molar refractivity (Wildman–Crippen MR) is 72.4 cm³/mol. The van der Waals surface area contributed by atoms with E-state index < -0.39 is 0 Å². The highest BCUT2D eigenvalue weighted by Gasteiger charge is 2.22. The van der Waals surface area contributed by atoms with Gasteiger partial charge in [0.05, 0.1) is 6.10 Å². The molecule has 96 valence electrons.